The van der Waals surface area contributed by atoms with Crippen LogP contribution in [0.3, 0.4) is 0 Å². The molecule has 7 heteroatoms. The molecule has 4 N–H and O–H groups in total. The minimum Gasteiger partial charge on any atom is -0.341 e. The van der Waals surface area contributed by atoms with Gasteiger partial charge < -0.3 is 10.7 Å². The van der Waals surface area contributed by atoms with E-state index in [0.717, 1.165) is 42.2 Å². The summed E-state index contributed by atoms with van der Waals surface area (Å²) >= 11 is 0. The maximum absolute atomic E-state index is 13.7. The maximum atomic E-state index is 13.7. The van der Waals surface area contributed by atoms with E-state index >= 15 is 0 Å². The van der Waals surface area contributed by atoms with Crippen molar-refractivity contribution in [2.45, 2.75) is 49.2 Å². The van der Waals surface area contributed by atoms with Crippen molar-refractivity contribution >= 4 is 26.6 Å². The first-order chi connectivity index (χ1) is 13.8. The van der Waals surface area contributed by atoms with Gasteiger partial charge in [0.2, 0.25) is 0 Å². The van der Waals surface area contributed by atoms with Gasteiger partial charge in [-0.2, -0.15) is 0 Å². The van der Waals surface area contributed by atoms with Gasteiger partial charge in [0.05, 0.1) is 15.4 Å². The third-order valence-corrected chi connectivity index (χ3v) is 7.43. The van der Waals surface area contributed by atoms with Crippen molar-refractivity contribution in [3.63, 3.8) is 0 Å². The molecule has 5 nitrogen and oxygen atoms in total. The smallest absolute Gasteiger partial charge is 0.138 e. The van der Waals surface area contributed by atoms with Crippen molar-refractivity contribution < 1.29 is 8.60 Å². The van der Waals surface area contributed by atoms with E-state index < -0.39 is 15.9 Å². The number of nitrogens with zero attached hydrogens (tertiary/aromatic N) is 1. The zero-order valence-electron chi connectivity index (χ0n) is 16.6. The second kappa shape index (κ2) is 7.55. The Morgan fingerprint density at radius 2 is 2.00 bits per heavy atom. The summed E-state index contributed by atoms with van der Waals surface area (Å²) in [5, 5.41) is 0.861. The van der Waals surface area contributed by atoms with Gasteiger partial charge in [0.1, 0.15) is 11.8 Å². The zero-order valence-corrected chi connectivity index (χ0v) is 17.4. The lowest BCUT2D eigenvalue weighted by molar-refractivity contribution is 0.367. The minimum absolute atomic E-state index is 0.289. The van der Waals surface area contributed by atoms with Crippen LogP contribution >= 0.6 is 0 Å². The fourth-order valence-corrected chi connectivity index (χ4v) is 5.23. The summed E-state index contributed by atoms with van der Waals surface area (Å²) in [6, 6.07) is 11.2. The number of hydrogen-bond acceptors (Lipinski definition) is 3. The number of nitrogens with one attached hydrogen (secondary N) is 2. The minimum atomic E-state index is -2.63. The van der Waals surface area contributed by atoms with Gasteiger partial charge in [-0.25, -0.2) is 18.3 Å². The number of H-pyrrole nitrogens is 1. The first kappa shape index (κ1) is 20.1. The van der Waals surface area contributed by atoms with Crippen LogP contribution in [0.4, 0.5) is 4.39 Å². The van der Waals surface area contributed by atoms with Crippen LogP contribution < -0.4 is 10.5 Å². The third-order valence-electron chi connectivity index (χ3n) is 5.78. The van der Waals surface area contributed by atoms with Gasteiger partial charge >= 0.3 is 0 Å². The molecule has 1 aromatic carbocycles. The summed E-state index contributed by atoms with van der Waals surface area (Å²) in [5.74, 6) is 3.91. The molecule has 1 fully saturated rings. The maximum Gasteiger partial charge on any atom is 0.138 e. The molecule has 2 aromatic heterocycles. The molecule has 0 bridgehead atoms. The van der Waals surface area contributed by atoms with E-state index in [1.165, 1.54) is 6.92 Å². The number of nitrogens with two attached hydrogens (primary N) is 1. The lowest BCUT2D eigenvalue weighted by Gasteiger charge is -2.25. The Balaban J connectivity index is 1.58. The molecule has 0 amide bonds. The van der Waals surface area contributed by atoms with Crippen LogP contribution in [0.2, 0.25) is 0 Å². The summed E-state index contributed by atoms with van der Waals surface area (Å²) in [7, 11) is -2.63. The fourth-order valence-electron chi connectivity index (χ4n) is 3.97. The van der Waals surface area contributed by atoms with Crippen LogP contribution in [-0.4, -0.2) is 32.1 Å². The first-order valence-corrected chi connectivity index (χ1v) is 11.6. The van der Waals surface area contributed by atoms with Gasteiger partial charge in [-0.05, 0) is 61.0 Å². The molecule has 1 aliphatic carbocycles. The highest BCUT2D eigenvalue weighted by atomic mass is 32.2. The van der Waals surface area contributed by atoms with Crippen LogP contribution in [0.15, 0.2) is 47.5 Å². The second-order valence-electron chi connectivity index (χ2n) is 8.05. The highest BCUT2D eigenvalue weighted by Crippen LogP contribution is 2.31. The summed E-state index contributed by atoms with van der Waals surface area (Å²) in [5.41, 5.74) is 9.12. The average Bonchev–Trinajstić information content (AvgIpc) is 3.33. The highest BCUT2D eigenvalue weighted by molar-refractivity contribution is 7.98. The number of pyridine rings is 1. The standard InChI is InChI=1S/C22H27FN4OS/c1-15(23)20-13-19-18(9-12-25-21(19)27-20)16-5-7-17(8-6-16)29(2,28)26-14-22(24)10-3-4-11-22/h5-9,12-13,15H,2-4,10-11,14,24H2,1H3,(H,25,27)(H,26,28). The fraction of sp³-hybridized carbons (Fsp3) is 0.364. The second-order valence-corrected chi connectivity index (χ2v) is 10.2. The normalized spacial score (nSPS) is 19.3. The Morgan fingerprint density at radius 3 is 2.66 bits per heavy atom. The number of aromatic nitrogens is 2. The molecule has 0 aliphatic heterocycles. The number of aromatic amines is 1. The molecule has 0 saturated heterocycles. The molecule has 4 rings (SSSR count). The Kier molecular flexibility index (Phi) is 5.23. The van der Waals surface area contributed by atoms with E-state index in [2.05, 4.69) is 20.6 Å². The summed E-state index contributed by atoms with van der Waals surface area (Å²) < 4.78 is 29.9. The van der Waals surface area contributed by atoms with E-state index in [0.29, 0.717) is 22.8 Å². The van der Waals surface area contributed by atoms with Crippen LogP contribution in [0.5, 0.6) is 0 Å². The van der Waals surface area contributed by atoms with Crippen LogP contribution in [0.25, 0.3) is 22.2 Å². The van der Waals surface area contributed by atoms with Crippen molar-refractivity contribution in [3.8, 4) is 11.1 Å². The molecule has 29 heavy (non-hydrogen) atoms. The molecule has 0 spiro atoms. The molecule has 2 unspecified atom stereocenters. The number of halogens is 1. The predicted molar refractivity (Wildman–Crippen MR) is 118 cm³/mol. The SMILES string of the molecule is C=S(=O)(NCC1(N)CCCC1)c1ccc(-c2ccnc3[nH]c(C(C)F)cc23)cc1. The van der Waals surface area contributed by atoms with E-state index in [-0.39, 0.29) is 5.54 Å². The largest absolute Gasteiger partial charge is 0.341 e. The topological polar surface area (TPSA) is 83.8 Å². The molecule has 154 valence electrons. The van der Waals surface area contributed by atoms with Gasteiger partial charge in [-0.3, -0.25) is 0 Å². The predicted octanol–water partition coefficient (Wildman–Crippen LogP) is 4.11. The van der Waals surface area contributed by atoms with Crippen molar-refractivity contribution in [1.82, 2.24) is 14.7 Å². The summed E-state index contributed by atoms with van der Waals surface area (Å²) in [6.45, 7) is 1.99. The monoisotopic (exact) mass is 414 g/mol. The molecular weight excluding hydrogens is 387 g/mol. The number of rotatable bonds is 6. The van der Waals surface area contributed by atoms with Crippen LogP contribution in [-0.2, 0) is 9.71 Å². The van der Waals surface area contributed by atoms with E-state index in [9.17, 15) is 8.60 Å². The Morgan fingerprint density at radius 1 is 1.31 bits per heavy atom. The van der Waals surface area contributed by atoms with Crippen molar-refractivity contribution in [2.24, 2.45) is 5.73 Å². The Labute approximate surface area is 171 Å². The van der Waals surface area contributed by atoms with Crippen molar-refractivity contribution in [2.75, 3.05) is 6.54 Å². The van der Waals surface area contributed by atoms with Crippen LogP contribution in [0, 0.1) is 0 Å². The lowest BCUT2D eigenvalue weighted by atomic mass is 10.0. The third kappa shape index (κ3) is 4.08. The zero-order chi connectivity index (χ0) is 20.6. The number of hydrogen-bond donors (Lipinski definition) is 3. The number of fused-ring (bicyclic) bond motifs is 1. The van der Waals surface area contributed by atoms with E-state index in [4.69, 9.17) is 5.73 Å². The van der Waals surface area contributed by atoms with E-state index in [1.807, 2.05) is 30.3 Å². The Bertz CT molecular complexity index is 1110. The van der Waals surface area contributed by atoms with Gasteiger partial charge in [-0.15, -0.1) is 0 Å². The van der Waals surface area contributed by atoms with Gasteiger partial charge in [-0.1, -0.05) is 25.0 Å². The molecule has 3 aromatic rings. The highest BCUT2D eigenvalue weighted by Gasteiger charge is 2.29. The van der Waals surface area contributed by atoms with Gasteiger partial charge in [0.15, 0.2) is 0 Å². The molecule has 1 aliphatic rings. The Hall–Kier alpha value is -2.22. The van der Waals surface area contributed by atoms with Crippen molar-refractivity contribution in [3.05, 3.63) is 48.3 Å². The number of alkyl halides is 1. The van der Waals surface area contributed by atoms with Gasteiger partial charge in [0.25, 0.3) is 0 Å². The molecule has 0 radical (unpaired) electrons. The molecule has 2 atom stereocenters. The quantitative estimate of drug-likeness (QED) is 0.531. The summed E-state index contributed by atoms with van der Waals surface area (Å²) in [4.78, 5) is 7.96. The molecule has 2 heterocycles. The molecular formula is C22H27FN4OS. The first-order valence-electron chi connectivity index (χ1n) is 9.90. The number of benzene rings is 1. The van der Waals surface area contributed by atoms with Crippen LogP contribution in [0.1, 0.15) is 44.5 Å². The summed E-state index contributed by atoms with van der Waals surface area (Å²) in [6.07, 6.45) is 4.74. The lowest BCUT2D eigenvalue weighted by Crippen LogP contribution is -2.47. The van der Waals surface area contributed by atoms with E-state index in [1.54, 1.807) is 12.3 Å². The molecule has 1 saturated carbocycles. The van der Waals surface area contributed by atoms with Crippen molar-refractivity contribution in [1.29, 1.82) is 0 Å². The van der Waals surface area contributed by atoms with Gasteiger partial charge in [0, 0.05) is 28.6 Å². The average molecular weight is 415 g/mol.